The summed E-state index contributed by atoms with van der Waals surface area (Å²) in [5.74, 6) is 1.45. The molecular formula is C38H39NO5. The van der Waals surface area contributed by atoms with Gasteiger partial charge in [0.15, 0.2) is 6.29 Å². The van der Waals surface area contributed by atoms with Crippen LogP contribution in [0.2, 0.25) is 0 Å². The van der Waals surface area contributed by atoms with Crippen molar-refractivity contribution in [2.45, 2.75) is 38.6 Å². The van der Waals surface area contributed by atoms with Gasteiger partial charge in [-0.3, -0.25) is 0 Å². The molecule has 2 aliphatic rings. The zero-order chi connectivity index (χ0) is 30.3. The number of rotatable bonds is 10. The molecule has 0 aromatic heterocycles. The van der Waals surface area contributed by atoms with E-state index in [1.165, 1.54) is 11.3 Å². The highest BCUT2D eigenvalue weighted by atomic mass is 16.7. The lowest BCUT2D eigenvalue weighted by molar-refractivity contribution is -0.141. The molecule has 4 aromatic carbocycles. The SMILES string of the molecule is COC(OC)C1CCN(c2ccc(C3=C(C(=O)Oc4ccccc4)CCc4cc(OCc5ccccc5)ccc43)cc2)CC1. The van der Waals surface area contributed by atoms with Gasteiger partial charge in [-0.25, -0.2) is 4.79 Å². The van der Waals surface area contributed by atoms with Crippen LogP contribution in [0.25, 0.3) is 5.57 Å². The van der Waals surface area contributed by atoms with Gasteiger partial charge in [-0.2, -0.15) is 0 Å². The minimum atomic E-state index is -0.307. The van der Waals surface area contributed by atoms with Gasteiger partial charge in [0.2, 0.25) is 0 Å². The average molecular weight is 590 g/mol. The van der Waals surface area contributed by atoms with Gasteiger partial charge in [0.05, 0.1) is 0 Å². The minimum Gasteiger partial charge on any atom is -0.489 e. The van der Waals surface area contributed by atoms with Crippen molar-refractivity contribution in [3.8, 4) is 11.5 Å². The second kappa shape index (κ2) is 13.9. The number of esters is 1. The lowest BCUT2D eigenvalue weighted by Crippen LogP contribution is -2.39. The number of hydrogen-bond acceptors (Lipinski definition) is 6. The van der Waals surface area contributed by atoms with Crippen LogP contribution in [0.3, 0.4) is 0 Å². The van der Waals surface area contributed by atoms with Crippen LogP contribution in [0.1, 0.15) is 41.5 Å². The third kappa shape index (κ3) is 6.72. The molecule has 4 aromatic rings. The third-order valence-corrected chi connectivity index (χ3v) is 8.65. The fourth-order valence-electron chi connectivity index (χ4n) is 6.34. The van der Waals surface area contributed by atoms with E-state index in [4.69, 9.17) is 18.9 Å². The molecule has 0 amide bonds. The van der Waals surface area contributed by atoms with Crippen LogP contribution in [0, 0.1) is 5.92 Å². The van der Waals surface area contributed by atoms with Crippen molar-refractivity contribution in [2.24, 2.45) is 5.92 Å². The molecule has 0 saturated carbocycles. The number of carbonyl (C=O) groups is 1. The lowest BCUT2D eigenvalue weighted by atomic mass is 9.82. The van der Waals surface area contributed by atoms with Crippen LogP contribution in [0.4, 0.5) is 5.69 Å². The van der Waals surface area contributed by atoms with E-state index in [-0.39, 0.29) is 12.3 Å². The minimum absolute atomic E-state index is 0.156. The number of carbonyl (C=O) groups excluding carboxylic acids is 1. The van der Waals surface area contributed by atoms with Gasteiger partial charge in [0.25, 0.3) is 0 Å². The van der Waals surface area contributed by atoms with Gasteiger partial charge in [0.1, 0.15) is 18.1 Å². The zero-order valence-corrected chi connectivity index (χ0v) is 25.4. The Morgan fingerprint density at radius 3 is 2.16 bits per heavy atom. The standard InChI is InChI=1S/C38H39NO5/c1-41-38(42-2)29-21-23-39(24-22-29)31-16-13-28(14-17-31)36-34-20-18-33(43-26-27-9-5-3-6-10-27)25-30(34)15-19-35(36)37(40)44-32-11-7-4-8-12-32/h3-14,16-18,20,25,29,38H,15,19,21-24,26H2,1-2H3. The molecule has 6 nitrogen and oxygen atoms in total. The zero-order valence-electron chi connectivity index (χ0n) is 25.4. The number of methoxy groups -OCH3 is 2. The summed E-state index contributed by atoms with van der Waals surface area (Å²) in [5.41, 5.74) is 7.13. The maximum absolute atomic E-state index is 13.6. The van der Waals surface area contributed by atoms with E-state index in [2.05, 4.69) is 53.4 Å². The van der Waals surface area contributed by atoms with E-state index < -0.39 is 0 Å². The predicted octanol–water partition coefficient (Wildman–Crippen LogP) is 7.45. The Bertz CT molecular complexity index is 1570. The molecule has 0 spiro atoms. The summed E-state index contributed by atoms with van der Waals surface area (Å²) >= 11 is 0. The highest BCUT2D eigenvalue weighted by molar-refractivity contribution is 6.04. The number of anilines is 1. The Hall–Kier alpha value is -4.39. The highest BCUT2D eigenvalue weighted by Gasteiger charge is 2.28. The van der Waals surface area contributed by atoms with Gasteiger partial charge in [0, 0.05) is 44.5 Å². The van der Waals surface area contributed by atoms with Crippen molar-refractivity contribution in [1.29, 1.82) is 0 Å². The summed E-state index contributed by atoms with van der Waals surface area (Å²) in [6, 6.07) is 34.2. The van der Waals surface area contributed by atoms with E-state index in [9.17, 15) is 4.79 Å². The molecule has 1 fully saturated rings. The molecule has 44 heavy (non-hydrogen) atoms. The molecule has 1 aliphatic heterocycles. The topological polar surface area (TPSA) is 57.2 Å². The van der Waals surface area contributed by atoms with Crippen molar-refractivity contribution in [2.75, 3.05) is 32.2 Å². The molecule has 0 atom stereocenters. The first kappa shape index (κ1) is 29.7. The summed E-state index contributed by atoms with van der Waals surface area (Å²) in [7, 11) is 3.42. The van der Waals surface area contributed by atoms with Gasteiger partial charge < -0.3 is 23.8 Å². The Morgan fingerprint density at radius 2 is 1.48 bits per heavy atom. The normalized spacial score (nSPS) is 15.3. The molecule has 6 heteroatoms. The second-order valence-corrected chi connectivity index (χ2v) is 11.4. The van der Waals surface area contributed by atoms with Crippen LogP contribution in [-0.2, 0) is 27.3 Å². The van der Waals surface area contributed by atoms with Gasteiger partial charge in [-0.1, -0.05) is 66.7 Å². The first-order valence-electron chi connectivity index (χ1n) is 15.3. The second-order valence-electron chi connectivity index (χ2n) is 11.4. The van der Waals surface area contributed by atoms with Crippen molar-refractivity contribution in [1.82, 2.24) is 0 Å². The molecule has 1 aliphatic carbocycles. The monoisotopic (exact) mass is 589 g/mol. The third-order valence-electron chi connectivity index (χ3n) is 8.65. The Kier molecular flexibility index (Phi) is 9.40. The van der Waals surface area contributed by atoms with E-state index in [1.54, 1.807) is 14.2 Å². The maximum Gasteiger partial charge on any atom is 0.340 e. The Labute approximate surface area is 259 Å². The van der Waals surface area contributed by atoms with Crippen LogP contribution in [0.15, 0.2) is 109 Å². The lowest BCUT2D eigenvalue weighted by Gasteiger charge is -2.36. The van der Waals surface area contributed by atoms with Gasteiger partial charge in [-0.15, -0.1) is 0 Å². The van der Waals surface area contributed by atoms with Gasteiger partial charge >= 0.3 is 5.97 Å². The molecule has 0 radical (unpaired) electrons. The molecule has 0 bridgehead atoms. The van der Waals surface area contributed by atoms with Crippen molar-refractivity contribution in [3.63, 3.8) is 0 Å². The number of benzene rings is 4. The average Bonchev–Trinajstić information content (AvgIpc) is 3.08. The molecule has 0 unspecified atom stereocenters. The number of piperidine rings is 1. The Balaban J connectivity index is 1.27. The highest BCUT2D eigenvalue weighted by Crippen LogP contribution is 2.39. The van der Waals surface area contributed by atoms with E-state index in [1.807, 2.05) is 54.6 Å². The summed E-state index contributed by atoms with van der Waals surface area (Å²) in [6.45, 7) is 2.39. The van der Waals surface area contributed by atoms with E-state index >= 15 is 0 Å². The summed E-state index contributed by atoms with van der Waals surface area (Å²) in [4.78, 5) is 16.0. The summed E-state index contributed by atoms with van der Waals surface area (Å²) in [6.07, 6.45) is 3.19. The Morgan fingerprint density at radius 1 is 0.795 bits per heavy atom. The van der Waals surface area contributed by atoms with E-state index in [0.717, 1.165) is 60.4 Å². The molecule has 0 N–H and O–H groups in total. The van der Waals surface area contributed by atoms with Crippen molar-refractivity contribution in [3.05, 3.63) is 131 Å². The van der Waals surface area contributed by atoms with Crippen LogP contribution in [-0.4, -0.2) is 39.6 Å². The fourth-order valence-corrected chi connectivity index (χ4v) is 6.34. The van der Waals surface area contributed by atoms with Gasteiger partial charge in [-0.05, 0) is 89.9 Å². The van der Waals surface area contributed by atoms with Crippen LogP contribution >= 0.6 is 0 Å². The van der Waals surface area contributed by atoms with Crippen LogP contribution < -0.4 is 14.4 Å². The maximum atomic E-state index is 13.6. The predicted molar refractivity (Wildman–Crippen MR) is 173 cm³/mol. The number of ether oxygens (including phenoxy) is 4. The quantitative estimate of drug-likeness (QED) is 0.109. The number of aryl methyl sites for hydroxylation is 1. The molecule has 1 heterocycles. The summed E-state index contributed by atoms with van der Waals surface area (Å²) in [5, 5.41) is 0. The molecule has 1 saturated heterocycles. The number of fused-ring (bicyclic) bond motifs is 1. The number of para-hydroxylation sites is 1. The molecule has 226 valence electrons. The smallest absolute Gasteiger partial charge is 0.340 e. The fraction of sp³-hybridized carbons (Fsp3) is 0.289. The number of hydrogen-bond donors (Lipinski definition) is 0. The number of nitrogens with zero attached hydrogens (tertiary/aromatic N) is 1. The van der Waals surface area contributed by atoms with Crippen molar-refractivity contribution >= 4 is 17.2 Å². The first-order chi connectivity index (χ1) is 21.6. The van der Waals surface area contributed by atoms with E-state index in [0.29, 0.717) is 30.3 Å². The largest absolute Gasteiger partial charge is 0.489 e. The molecular weight excluding hydrogens is 550 g/mol. The summed E-state index contributed by atoms with van der Waals surface area (Å²) < 4.78 is 23.0. The van der Waals surface area contributed by atoms with Crippen LogP contribution in [0.5, 0.6) is 11.5 Å². The van der Waals surface area contributed by atoms with Crippen molar-refractivity contribution < 1.29 is 23.7 Å². The first-order valence-corrected chi connectivity index (χ1v) is 15.3. The molecule has 6 rings (SSSR count).